The summed E-state index contributed by atoms with van der Waals surface area (Å²) in [7, 11) is -3.38. The van der Waals surface area contributed by atoms with Crippen molar-refractivity contribution in [2.75, 3.05) is 5.43 Å². The molecule has 0 atom stereocenters. The molecule has 26 heavy (non-hydrogen) atoms. The molecule has 1 aliphatic rings. The molecule has 1 aliphatic carbocycles. The molecule has 1 fully saturated rings. The summed E-state index contributed by atoms with van der Waals surface area (Å²) in [5.74, 6) is -0.286. The van der Waals surface area contributed by atoms with Crippen LogP contribution in [-0.2, 0) is 14.8 Å². The molecule has 6 nitrogen and oxygen atoms in total. The van der Waals surface area contributed by atoms with Crippen LogP contribution in [0.15, 0.2) is 18.2 Å². The molecule has 1 saturated carbocycles. The molecule has 0 aromatic heterocycles. The van der Waals surface area contributed by atoms with Crippen LogP contribution in [0.4, 0.5) is 5.69 Å². The minimum Gasteiger partial charge on any atom is -0.299 e. The third kappa shape index (κ3) is 5.74. The van der Waals surface area contributed by atoms with E-state index < -0.39 is 14.8 Å². The summed E-state index contributed by atoms with van der Waals surface area (Å²) in [5, 5.41) is 0.946. The van der Waals surface area contributed by atoms with Crippen LogP contribution in [0.2, 0.25) is 10.0 Å². The van der Waals surface area contributed by atoms with Crippen LogP contribution in [0.25, 0.3) is 0 Å². The smallest absolute Gasteiger partial charge is 0.241 e. The summed E-state index contributed by atoms with van der Waals surface area (Å²) >= 11 is 11.8. The molecule has 3 N–H and O–H groups in total. The van der Waals surface area contributed by atoms with Gasteiger partial charge in [-0.25, -0.2) is 13.1 Å². The average molecular weight is 422 g/mol. The first-order chi connectivity index (χ1) is 12.0. The van der Waals surface area contributed by atoms with E-state index in [4.69, 9.17) is 23.2 Å². The van der Waals surface area contributed by atoms with E-state index in [2.05, 4.69) is 15.6 Å². The zero-order valence-electron chi connectivity index (χ0n) is 15.1. The van der Waals surface area contributed by atoms with Crippen molar-refractivity contribution in [2.24, 2.45) is 5.92 Å². The summed E-state index contributed by atoms with van der Waals surface area (Å²) in [6.07, 6.45) is 2.52. The molecule has 0 aliphatic heterocycles. The zero-order chi connectivity index (χ0) is 19.5. The highest BCUT2D eigenvalue weighted by atomic mass is 35.5. The fourth-order valence-corrected chi connectivity index (χ4v) is 4.29. The van der Waals surface area contributed by atoms with Gasteiger partial charge >= 0.3 is 0 Å². The molecule has 1 aromatic rings. The molecule has 2 rings (SSSR count). The Balaban J connectivity index is 1.83. The van der Waals surface area contributed by atoms with Crippen molar-refractivity contribution in [3.05, 3.63) is 28.2 Å². The van der Waals surface area contributed by atoms with E-state index in [1.165, 1.54) is 0 Å². The van der Waals surface area contributed by atoms with E-state index in [1.807, 2.05) is 0 Å². The maximum Gasteiger partial charge on any atom is 0.241 e. The Bertz CT molecular complexity index is 735. The number of hydrogen-bond donors (Lipinski definition) is 3. The van der Waals surface area contributed by atoms with E-state index in [0.717, 1.165) is 0 Å². The molecular formula is C17H25Cl2N3O3S. The van der Waals surface area contributed by atoms with Gasteiger partial charge in [0, 0.05) is 22.0 Å². The number of halogens is 2. The minimum absolute atomic E-state index is 0.122. The minimum atomic E-state index is -3.38. The van der Waals surface area contributed by atoms with E-state index in [1.54, 1.807) is 39.0 Å². The van der Waals surface area contributed by atoms with E-state index in [0.29, 0.717) is 41.4 Å². The molecule has 0 spiro atoms. The SMILES string of the molecule is CC(C)(C)S(=O)(=O)NC1CCC(C(=O)NNc2cc(Cl)cc(Cl)c2)CC1. The molecule has 1 amide bonds. The lowest BCUT2D eigenvalue weighted by Gasteiger charge is -2.30. The van der Waals surface area contributed by atoms with Crippen molar-refractivity contribution in [1.82, 2.24) is 10.1 Å². The number of nitrogens with one attached hydrogen (secondary N) is 3. The monoisotopic (exact) mass is 421 g/mol. The Kier molecular flexibility index (Phi) is 6.82. The van der Waals surface area contributed by atoms with E-state index >= 15 is 0 Å². The van der Waals surface area contributed by atoms with Gasteiger partial charge in [-0.2, -0.15) is 0 Å². The number of anilines is 1. The maximum absolute atomic E-state index is 12.3. The van der Waals surface area contributed by atoms with Gasteiger partial charge in [0.05, 0.1) is 10.4 Å². The van der Waals surface area contributed by atoms with Gasteiger partial charge in [-0.05, 0) is 64.7 Å². The number of rotatable bonds is 5. The first-order valence-electron chi connectivity index (χ1n) is 8.52. The molecule has 0 bridgehead atoms. The Morgan fingerprint density at radius 3 is 2.08 bits per heavy atom. The third-order valence-electron chi connectivity index (χ3n) is 4.42. The van der Waals surface area contributed by atoms with Crippen LogP contribution in [-0.4, -0.2) is 25.1 Å². The van der Waals surface area contributed by atoms with Crippen molar-refractivity contribution in [3.8, 4) is 0 Å². The van der Waals surface area contributed by atoms with Crippen LogP contribution in [0.3, 0.4) is 0 Å². The Labute approximate surface area is 165 Å². The summed E-state index contributed by atoms with van der Waals surface area (Å²) in [6.45, 7) is 5.01. The first kappa shape index (κ1) is 21.3. The fraction of sp³-hybridized carbons (Fsp3) is 0.588. The van der Waals surface area contributed by atoms with Crippen molar-refractivity contribution < 1.29 is 13.2 Å². The number of benzene rings is 1. The predicted octanol–water partition coefficient (Wildman–Crippen LogP) is 3.71. The van der Waals surface area contributed by atoms with Gasteiger partial charge in [-0.1, -0.05) is 23.2 Å². The lowest BCUT2D eigenvalue weighted by Crippen LogP contribution is -2.47. The van der Waals surface area contributed by atoms with Crippen LogP contribution in [0, 0.1) is 5.92 Å². The lowest BCUT2D eigenvalue weighted by atomic mass is 9.86. The fourth-order valence-electron chi connectivity index (χ4n) is 2.73. The van der Waals surface area contributed by atoms with Crippen molar-refractivity contribution >= 4 is 44.8 Å². The van der Waals surface area contributed by atoms with Crippen LogP contribution in [0.1, 0.15) is 46.5 Å². The van der Waals surface area contributed by atoms with Crippen LogP contribution < -0.4 is 15.6 Å². The number of hydrogen-bond acceptors (Lipinski definition) is 4. The van der Waals surface area contributed by atoms with E-state index in [-0.39, 0.29) is 17.9 Å². The van der Waals surface area contributed by atoms with Crippen molar-refractivity contribution in [2.45, 2.75) is 57.2 Å². The normalized spacial score (nSPS) is 21.3. The number of sulfonamides is 1. The molecule has 0 radical (unpaired) electrons. The topological polar surface area (TPSA) is 87.3 Å². The van der Waals surface area contributed by atoms with Gasteiger partial charge in [0.25, 0.3) is 0 Å². The highest BCUT2D eigenvalue weighted by molar-refractivity contribution is 7.90. The van der Waals surface area contributed by atoms with Gasteiger partial charge in [0.1, 0.15) is 0 Å². The number of hydrazine groups is 1. The summed E-state index contributed by atoms with van der Waals surface area (Å²) in [6, 6.07) is 4.80. The zero-order valence-corrected chi connectivity index (χ0v) is 17.4. The molecule has 0 unspecified atom stereocenters. The molecule has 9 heteroatoms. The Morgan fingerprint density at radius 2 is 1.58 bits per heavy atom. The number of carbonyl (C=O) groups excluding carboxylic acids is 1. The Hall–Kier alpha value is -1.02. The Morgan fingerprint density at radius 1 is 1.04 bits per heavy atom. The molecule has 146 valence electrons. The third-order valence-corrected chi connectivity index (χ3v) is 7.11. The van der Waals surface area contributed by atoms with Gasteiger partial charge in [-0.15, -0.1) is 0 Å². The average Bonchev–Trinajstić information content (AvgIpc) is 2.51. The highest BCUT2D eigenvalue weighted by Crippen LogP contribution is 2.27. The quantitative estimate of drug-likeness (QED) is 0.632. The van der Waals surface area contributed by atoms with E-state index in [9.17, 15) is 13.2 Å². The van der Waals surface area contributed by atoms with Gasteiger partial charge in [-0.3, -0.25) is 15.6 Å². The van der Waals surface area contributed by atoms with Crippen LogP contribution in [0.5, 0.6) is 0 Å². The van der Waals surface area contributed by atoms with Crippen molar-refractivity contribution in [3.63, 3.8) is 0 Å². The molecule has 0 saturated heterocycles. The largest absolute Gasteiger partial charge is 0.299 e. The van der Waals surface area contributed by atoms with Crippen molar-refractivity contribution in [1.29, 1.82) is 0 Å². The molecular weight excluding hydrogens is 397 g/mol. The standard InChI is InChI=1S/C17H25Cl2N3O3S/c1-17(2,3)26(24,25)22-14-6-4-11(5-7-14)16(23)21-20-15-9-12(18)8-13(19)10-15/h8-11,14,20,22H,4-7H2,1-3H3,(H,21,23). The second-order valence-corrected chi connectivity index (χ2v) is 10.9. The summed E-state index contributed by atoms with van der Waals surface area (Å²) in [4.78, 5) is 12.3. The summed E-state index contributed by atoms with van der Waals surface area (Å²) in [5.41, 5.74) is 6.08. The van der Waals surface area contributed by atoms with Gasteiger partial charge in [0.2, 0.25) is 15.9 Å². The summed E-state index contributed by atoms with van der Waals surface area (Å²) < 4.78 is 26.4. The first-order valence-corrected chi connectivity index (χ1v) is 10.8. The predicted molar refractivity (Wildman–Crippen MR) is 106 cm³/mol. The van der Waals surface area contributed by atoms with Gasteiger partial charge in [0.15, 0.2) is 0 Å². The number of amides is 1. The second-order valence-electron chi connectivity index (χ2n) is 7.55. The molecule has 0 heterocycles. The molecule has 1 aromatic carbocycles. The second kappa shape index (κ2) is 8.33. The highest BCUT2D eigenvalue weighted by Gasteiger charge is 2.34. The number of carbonyl (C=O) groups is 1. The van der Waals surface area contributed by atoms with Crippen LogP contribution >= 0.6 is 23.2 Å². The lowest BCUT2D eigenvalue weighted by molar-refractivity contribution is -0.125. The van der Waals surface area contributed by atoms with Gasteiger partial charge < -0.3 is 0 Å². The maximum atomic E-state index is 12.3.